The Hall–Kier alpha value is -2.51. The van der Waals surface area contributed by atoms with Crippen LogP contribution in [0.25, 0.3) is 6.08 Å². The van der Waals surface area contributed by atoms with E-state index in [4.69, 9.17) is 44.9 Å². The monoisotopic (exact) mass is 529 g/mol. The number of thiocarbonyl (C=S) groups is 1. The van der Waals surface area contributed by atoms with Crippen molar-refractivity contribution in [2.75, 3.05) is 6.61 Å². The lowest BCUT2D eigenvalue weighted by atomic mass is 10.1. The van der Waals surface area contributed by atoms with Gasteiger partial charge in [-0.1, -0.05) is 89.6 Å². The van der Waals surface area contributed by atoms with Crippen LogP contribution in [0.2, 0.25) is 10.0 Å². The van der Waals surface area contributed by atoms with Gasteiger partial charge >= 0.3 is 0 Å². The highest BCUT2D eigenvalue weighted by atomic mass is 35.5. The van der Waals surface area contributed by atoms with E-state index >= 15 is 0 Å². The first-order valence-electron chi connectivity index (χ1n) is 10.6. The summed E-state index contributed by atoms with van der Waals surface area (Å²) in [5.74, 6) is 1.07. The van der Waals surface area contributed by atoms with E-state index in [-0.39, 0.29) is 12.5 Å². The van der Waals surface area contributed by atoms with Crippen molar-refractivity contribution in [3.8, 4) is 11.5 Å². The zero-order valence-electron chi connectivity index (χ0n) is 18.3. The summed E-state index contributed by atoms with van der Waals surface area (Å²) in [5, 5.41) is 1.11. The molecular weight excluding hydrogens is 509 g/mol. The fourth-order valence-corrected chi connectivity index (χ4v) is 5.07. The van der Waals surface area contributed by atoms with Crippen LogP contribution in [0.4, 0.5) is 0 Å². The number of halogens is 2. The third kappa shape index (κ3) is 5.94. The second-order valence-electron chi connectivity index (χ2n) is 7.42. The molecule has 0 N–H and O–H groups in total. The minimum atomic E-state index is -0.102. The number of carbonyl (C=O) groups excluding carboxylic acids is 1. The molecule has 8 heteroatoms. The van der Waals surface area contributed by atoms with E-state index in [1.54, 1.807) is 17.0 Å². The van der Waals surface area contributed by atoms with Crippen molar-refractivity contribution in [1.82, 2.24) is 4.90 Å². The van der Waals surface area contributed by atoms with E-state index < -0.39 is 0 Å². The minimum absolute atomic E-state index is 0.102. The molecule has 34 heavy (non-hydrogen) atoms. The summed E-state index contributed by atoms with van der Waals surface area (Å²) in [5.41, 5.74) is 2.67. The third-order valence-corrected chi connectivity index (χ3v) is 6.99. The Morgan fingerprint density at radius 3 is 2.53 bits per heavy atom. The highest BCUT2D eigenvalue weighted by Gasteiger charge is 2.32. The van der Waals surface area contributed by atoms with Gasteiger partial charge in [0.15, 0.2) is 11.5 Å². The van der Waals surface area contributed by atoms with Gasteiger partial charge in [0.2, 0.25) is 0 Å². The molecule has 0 unspecified atom stereocenters. The number of hydrogen-bond acceptors (Lipinski definition) is 5. The van der Waals surface area contributed by atoms with Gasteiger partial charge < -0.3 is 9.47 Å². The Kier molecular flexibility index (Phi) is 8.16. The summed E-state index contributed by atoms with van der Waals surface area (Å²) in [6.45, 7) is 3.10. The number of thioether (sulfide) groups is 1. The largest absolute Gasteiger partial charge is 0.490 e. The van der Waals surface area contributed by atoms with Crippen molar-refractivity contribution in [1.29, 1.82) is 0 Å². The topological polar surface area (TPSA) is 38.8 Å². The number of amides is 1. The lowest BCUT2D eigenvalue weighted by Gasteiger charge is -2.14. The predicted molar refractivity (Wildman–Crippen MR) is 144 cm³/mol. The highest BCUT2D eigenvalue weighted by Crippen LogP contribution is 2.36. The second-order valence-corrected chi connectivity index (χ2v) is 9.94. The van der Waals surface area contributed by atoms with E-state index in [1.807, 2.05) is 67.6 Å². The summed E-state index contributed by atoms with van der Waals surface area (Å²) in [4.78, 5) is 15.2. The number of hydrogen-bond donors (Lipinski definition) is 0. The molecule has 0 spiro atoms. The molecule has 1 aliphatic rings. The Bertz CT molecular complexity index is 1250. The maximum absolute atomic E-state index is 13.0. The summed E-state index contributed by atoms with van der Waals surface area (Å²) >= 11 is 19.0. The number of rotatable bonds is 8. The van der Waals surface area contributed by atoms with Gasteiger partial charge in [-0.25, -0.2) is 0 Å². The predicted octanol–water partition coefficient (Wildman–Crippen LogP) is 7.37. The molecule has 4 rings (SSSR count). The van der Waals surface area contributed by atoms with Gasteiger partial charge in [-0.15, -0.1) is 0 Å². The smallest absolute Gasteiger partial charge is 0.266 e. The van der Waals surface area contributed by atoms with Crippen LogP contribution in [0.15, 0.2) is 71.6 Å². The maximum atomic E-state index is 13.0. The summed E-state index contributed by atoms with van der Waals surface area (Å²) < 4.78 is 12.3. The summed E-state index contributed by atoms with van der Waals surface area (Å²) in [7, 11) is 0. The first kappa shape index (κ1) is 24.6. The third-order valence-electron chi connectivity index (χ3n) is 5.02. The second kappa shape index (κ2) is 11.3. The van der Waals surface area contributed by atoms with E-state index in [2.05, 4.69) is 0 Å². The average molecular weight is 530 g/mol. The van der Waals surface area contributed by atoms with E-state index in [9.17, 15) is 4.79 Å². The molecule has 3 aromatic carbocycles. The van der Waals surface area contributed by atoms with Gasteiger partial charge in [-0.3, -0.25) is 9.69 Å². The fourth-order valence-electron chi connectivity index (χ4n) is 3.35. The van der Waals surface area contributed by atoms with E-state index in [0.717, 1.165) is 16.7 Å². The summed E-state index contributed by atoms with van der Waals surface area (Å²) in [6.07, 6.45) is 1.83. The molecular formula is C26H21Cl2NO3S2. The van der Waals surface area contributed by atoms with Crippen LogP contribution >= 0.6 is 47.2 Å². The van der Waals surface area contributed by atoms with Crippen LogP contribution in [0.1, 0.15) is 23.6 Å². The van der Waals surface area contributed by atoms with Crippen LogP contribution in [0, 0.1) is 0 Å². The molecule has 0 bridgehead atoms. The normalized spacial score (nSPS) is 14.7. The van der Waals surface area contributed by atoms with Crippen molar-refractivity contribution in [2.45, 2.75) is 20.1 Å². The van der Waals surface area contributed by atoms with Crippen LogP contribution < -0.4 is 9.47 Å². The fraction of sp³-hybridized carbons (Fsp3) is 0.154. The van der Waals surface area contributed by atoms with Crippen molar-refractivity contribution in [3.05, 3.63) is 98.4 Å². The van der Waals surface area contributed by atoms with Crippen molar-refractivity contribution < 1.29 is 14.3 Å². The Morgan fingerprint density at radius 2 is 1.79 bits per heavy atom. The van der Waals surface area contributed by atoms with Gasteiger partial charge in [0.25, 0.3) is 5.91 Å². The molecule has 0 radical (unpaired) electrons. The molecule has 1 heterocycles. The molecule has 1 aliphatic heterocycles. The number of nitrogens with zero attached hydrogens (tertiary/aromatic N) is 1. The van der Waals surface area contributed by atoms with Gasteiger partial charge in [-0.05, 0) is 48.4 Å². The van der Waals surface area contributed by atoms with Gasteiger partial charge in [-0.2, -0.15) is 0 Å². The van der Waals surface area contributed by atoms with E-state index in [1.165, 1.54) is 11.8 Å². The van der Waals surface area contributed by atoms with Crippen LogP contribution in [-0.2, 0) is 17.9 Å². The quantitative estimate of drug-likeness (QED) is 0.225. The first-order valence-corrected chi connectivity index (χ1v) is 12.6. The Morgan fingerprint density at radius 1 is 1.00 bits per heavy atom. The molecule has 0 saturated carbocycles. The number of carbonyl (C=O) groups is 1. The van der Waals surface area contributed by atoms with Crippen LogP contribution in [0.5, 0.6) is 11.5 Å². The molecule has 1 saturated heterocycles. The Balaban J connectivity index is 1.51. The zero-order chi connectivity index (χ0) is 24.1. The molecule has 3 aromatic rings. The van der Waals surface area contributed by atoms with Gasteiger partial charge in [0.05, 0.1) is 18.1 Å². The summed E-state index contributed by atoms with van der Waals surface area (Å²) in [6, 6.07) is 20.6. The molecule has 0 aromatic heterocycles. The van der Waals surface area contributed by atoms with Crippen molar-refractivity contribution >= 4 is 63.5 Å². The standard InChI is InChI=1S/C26H21Cl2NO3S2/c1-2-31-23-12-18(8-11-22(23)32-16-19-9-10-20(27)14-21(19)28)13-24-25(30)29(26(33)34-24)15-17-6-4-3-5-7-17/h3-14H,2,15-16H2,1H3/b24-13-. The molecule has 0 aliphatic carbocycles. The van der Waals surface area contributed by atoms with Crippen molar-refractivity contribution in [2.24, 2.45) is 0 Å². The zero-order valence-corrected chi connectivity index (χ0v) is 21.4. The first-order chi connectivity index (χ1) is 16.4. The molecule has 0 atom stereocenters. The average Bonchev–Trinajstić information content (AvgIpc) is 3.08. The van der Waals surface area contributed by atoms with E-state index in [0.29, 0.717) is 43.9 Å². The molecule has 174 valence electrons. The van der Waals surface area contributed by atoms with Gasteiger partial charge in [0.1, 0.15) is 10.9 Å². The number of ether oxygens (including phenoxy) is 2. The van der Waals surface area contributed by atoms with Gasteiger partial charge in [0, 0.05) is 15.6 Å². The SMILES string of the molecule is CCOc1cc(/C=C2\SC(=S)N(Cc3ccccc3)C2=O)ccc1OCc1ccc(Cl)cc1Cl. The molecule has 4 nitrogen and oxygen atoms in total. The number of benzene rings is 3. The lowest BCUT2D eigenvalue weighted by molar-refractivity contribution is -0.122. The van der Waals surface area contributed by atoms with Crippen LogP contribution in [-0.4, -0.2) is 21.7 Å². The van der Waals surface area contributed by atoms with Crippen molar-refractivity contribution in [3.63, 3.8) is 0 Å². The molecule has 1 amide bonds. The van der Waals surface area contributed by atoms with Crippen LogP contribution in [0.3, 0.4) is 0 Å². The molecule has 1 fully saturated rings. The Labute approximate surface area is 218 Å². The highest BCUT2D eigenvalue weighted by molar-refractivity contribution is 8.26. The lowest BCUT2D eigenvalue weighted by Crippen LogP contribution is -2.27. The maximum Gasteiger partial charge on any atom is 0.266 e. The minimum Gasteiger partial charge on any atom is -0.490 e.